The molecule has 9 nitrogen and oxygen atoms in total. The van der Waals surface area contributed by atoms with Crippen LogP contribution in [0.5, 0.6) is 0 Å². The molecule has 3 aromatic rings. The first-order valence-electron chi connectivity index (χ1n) is 14.3. The van der Waals surface area contributed by atoms with Gasteiger partial charge in [0, 0.05) is 30.9 Å². The minimum absolute atomic E-state index is 0.00776. The Morgan fingerprint density at radius 2 is 1.86 bits per heavy atom. The number of nitrogens with two attached hydrogens (primary N) is 1. The molecular formula is C32H39F2N7O2. The van der Waals surface area contributed by atoms with Gasteiger partial charge in [-0.1, -0.05) is 38.1 Å². The highest BCUT2D eigenvalue weighted by molar-refractivity contribution is 5.91. The molecule has 1 fully saturated rings. The number of hydrogen-bond acceptors (Lipinski definition) is 7. The predicted octanol–water partition coefficient (Wildman–Crippen LogP) is 5.16. The second kappa shape index (κ2) is 12.4. The summed E-state index contributed by atoms with van der Waals surface area (Å²) in [5.41, 5.74) is 5.88. The summed E-state index contributed by atoms with van der Waals surface area (Å²) in [5.74, 6) is -1.56. The van der Waals surface area contributed by atoms with Crippen LogP contribution < -0.4 is 16.3 Å². The Morgan fingerprint density at radius 1 is 1.16 bits per heavy atom. The predicted molar refractivity (Wildman–Crippen MR) is 168 cm³/mol. The van der Waals surface area contributed by atoms with E-state index in [1.54, 1.807) is 4.90 Å². The lowest BCUT2D eigenvalue weighted by molar-refractivity contribution is -0.128. The number of benzene rings is 1. The van der Waals surface area contributed by atoms with Crippen molar-refractivity contribution in [1.29, 1.82) is 0 Å². The number of anilines is 2. The molecule has 4 rings (SSSR count). The molecule has 0 saturated carbocycles. The van der Waals surface area contributed by atoms with E-state index in [9.17, 15) is 9.59 Å². The normalized spacial score (nSPS) is 19.0. The molecule has 0 aliphatic carbocycles. The van der Waals surface area contributed by atoms with E-state index in [-0.39, 0.29) is 57.7 Å². The van der Waals surface area contributed by atoms with E-state index >= 15 is 8.78 Å². The number of rotatable bonds is 8. The summed E-state index contributed by atoms with van der Waals surface area (Å²) in [4.78, 5) is 43.6. The molecule has 2 unspecified atom stereocenters. The highest BCUT2D eigenvalue weighted by atomic mass is 19.1. The lowest BCUT2D eigenvalue weighted by atomic mass is 9.91. The molecule has 1 aromatic carbocycles. The Balaban J connectivity index is 2.09. The number of allylic oxidation sites excluding steroid dienone is 1. The van der Waals surface area contributed by atoms with Crippen LogP contribution in [-0.4, -0.2) is 63.3 Å². The Bertz CT molecular complexity index is 1650. The van der Waals surface area contributed by atoms with Gasteiger partial charge in [0.2, 0.25) is 5.91 Å². The zero-order valence-corrected chi connectivity index (χ0v) is 25.5. The lowest BCUT2D eigenvalue weighted by Crippen LogP contribution is -2.58. The van der Waals surface area contributed by atoms with E-state index < -0.39 is 29.4 Å². The standard InChI is InChI=1S/C32H39F2N7O2/c1-9-18(5)29(27(36-8)17(3)4)41-31-21(14-23(34)28(37-31)26-22(33)12-11-13-24(26)35)30(38-32(41)43)40-16-19(6)39(15-20(40)7)25(42)10-2/h9-14,17,19-20,27,29H,2,8,15-16,35H2,1,3-7H3/b18-9-/t19-,20+,27?,29?/m1/s1. The third-order valence-electron chi connectivity index (χ3n) is 8.25. The van der Waals surface area contributed by atoms with Crippen LogP contribution in [0.1, 0.15) is 47.6 Å². The average Bonchev–Trinajstić information content (AvgIpc) is 2.96. The fourth-order valence-electron chi connectivity index (χ4n) is 5.88. The van der Waals surface area contributed by atoms with E-state index in [0.29, 0.717) is 13.1 Å². The minimum Gasteiger partial charge on any atom is -0.398 e. The smallest absolute Gasteiger partial charge is 0.351 e. The molecule has 11 heteroatoms. The number of nitrogen functional groups attached to an aromatic ring is 1. The van der Waals surface area contributed by atoms with Gasteiger partial charge < -0.3 is 15.5 Å². The van der Waals surface area contributed by atoms with Crippen molar-refractivity contribution in [3.05, 3.63) is 70.7 Å². The van der Waals surface area contributed by atoms with E-state index in [2.05, 4.69) is 28.3 Å². The summed E-state index contributed by atoms with van der Waals surface area (Å²) < 4.78 is 32.5. The Hall–Kier alpha value is -4.41. The monoisotopic (exact) mass is 591 g/mol. The van der Waals surface area contributed by atoms with Crippen molar-refractivity contribution in [3.8, 4) is 11.3 Å². The third kappa shape index (κ3) is 5.68. The molecular weight excluding hydrogens is 552 g/mol. The van der Waals surface area contributed by atoms with Crippen molar-refractivity contribution < 1.29 is 13.6 Å². The van der Waals surface area contributed by atoms with Crippen LogP contribution in [0, 0.1) is 17.6 Å². The zero-order chi connectivity index (χ0) is 31.7. The van der Waals surface area contributed by atoms with Crippen molar-refractivity contribution in [2.24, 2.45) is 10.9 Å². The lowest BCUT2D eigenvalue weighted by Gasteiger charge is -2.44. The number of aromatic nitrogens is 3. The second-order valence-corrected chi connectivity index (χ2v) is 11.4. The highest BCUT2D eigenvalue weighted by Gasteiger charge is 2.36. The molecule has 1 amide bonds. The fraction of sp³-hybridized carbons (Fsp3) is 0.406. The number of carbonyl (C=O) groups is 1. The maximum Gasteiger partial charge on any atom is 0.351 e. The summed E-state index contributed by atoms with van der Waals surface area (Å²) in [6.45, 7) is 19.5. The molecule has 1 saturated heterocycles. The number of piperazine rings is 1. The Labute approximate surface area is 250 Å². The highest BCUT2D eigenvalue weighted by Crippen LogP contribution is 2.37. The number of pyridine rings is 1. The van der Waals surface area contributed by atoms with Gasteiger partial charge in [-0.3, -0.25) is 14.4 Å². The van der Waals surface area contributed by atoms with E-state index in [1.807, 2.05) is 52.5 Å². The van der Waals surface area contributed by atoms with Crippen molar-refractivity contribution >= 4 is 35.2 Å². The van der Waals surface area contributed by atoms with Crippen LogP contribution >= 0.6 is 0 Å². The van der Waals surface area contributed by atoms with Crippen LogP contribution in [0.15, 0.2) is 58.4 Å². The molecule has 4 atom stereocenters. The van der Waals surface area contributed by atoms with Gasteiger partial charge in [-0.05, 0) is 64.6 Å². The summed E-state index contributed by atoms with van der Waals surface area (Å²) in [6, 6.07) is 3.68. The number of amides is 1. The van der Waals surface area contributed by atoms with Crippen LogP contribution in [0.4, 0.5) is 20.3 Å². The quantitative estimate of drug-likeness (QED) is 0.168. The van der Waals surface area contributed by atoms with Crippen molar-refractivity contribution in [2.45, 2.75) is 65.7 Å². The van der Waals surface area contributed by atoms with Crippen LogP contribution in [0.3, 0.4) is 0 Å². The number of aliphatic imine (C=N–C) groups is 1. The molecule has 1 aliphatic heterocycles. The van der Waals surface area contributed by atoms with Gasteiger partial charge >= 0.3 is 5.69 Å². The first-order chi connectivity index (χ1) is 20.4. The molecule has 1 aliphatic rings. The van der Waals surface area contributed by atoms with Gasteiger partial charge in [-0.2, -0.15) is 4.98 Å². The van der Waals surface area contributed by atoms with Gasteiger partial charge in [0.1, 0.15) is 23.0 Å². The molecule has 0 bridgehead atoms. The van der Waals surface area contributed by atoms with Crippen molar-refractivity contribution in [1.82, 2.24) is 19.4 Å². The Morgan fingerprint density at radius 3 is 2.44 bits per heavy atom. The van der Waals surface area contributed by atoms with E-state index in [4.69, 9.17) is 5.73 Å². The third-order valence-corrected chi connectivity index (χ3v) is 8.25. The number of fused-ring (bicyclic) bond motifs is 1. The van der Waals surface area contributed by atoms with Crippen LogP contribution in [0.2, 0.25) is 0 Å². The summed E-state index contributed by atoms with van der Waals surface area (Å²) >= 11 is 0. The molecule has 2 aromatic heterocycles. The number of nitrogens with zero attached hydrogens (tertiary/aromatic N) is 6. The largest absolute Gasteiger partial charge is 0.398 e. The number of hydrogen-bond donors (Lipinski definition) is 1. The summed E-state index contributed by atoms with van der Waals surface area (Å²) in [7, 11) is 0. The number of carbonyl (C=O) groups excluding carboxylic acids is 1. The maximum atomic E-state index is 16.0. The van der Waals surface area contributed by atoms with Crippen LogP contribution in [-0.2, 0) is 4.79 Å². The zero-order valence-electron chi connectivity index (χ0n) is 25.5. The molecule has 2 N–H and O–H groups in total. The Kier molecular flexibility index (Phi) is 9.12. The summed E-state index contributed by atoms with van der Waals surface area (Å²) in [5, 5.41) is 0.263. The SMILES string of the molecule is C=CC(=O)N1C[C@H](C)N(c2nc(=O)n(C(/C(C)=C\C)C(N=C)C(C)C)c3nc(-c4c(N)cccc4F)c(F)cc23)C[C@H]1C. The van der Waals surface area contributed by atoms with Gasteiger partial charge in [-0.15, -0.1) is 0 Å². The first-order valence-corrected chi connectivity index (χ1v) is 14.3. The molecule has 0 radical (unpaired) electrons. The maximum absolute atomic E-state index is 16.0. The van der Waals surface area contributed by atoms with E-state index in [1.165, 1.54) is 34.9 Å². The van der Waals surface area contributed by atoms with E-state index in [0.717, 1.165) is 5.57 Å². The second-order valence-electron chi connectivity index (χ2n) is 11.4. The van der Waals surface area contributed by atoms with Crippen molar-refractivity contribution in [2.75, 3.05) is 23.7 Å². The van der Waals surface area contributed by atoms with Gasteiger partial charge in [0.25, 0.3) is 0 Å². The van der Waals surface area contributed by atoms with Gasteiger partial charge in [0.15, 0.2) is 5.82 Å². The number of halogens is 2. The summed E-state index contributed by atoms with van der Waals surface area (Å²) in [6.07, 6.45) is 3.14. The molecule has 228 valence electrons. The fourth-order valence-corrected chi connectivity index (χ4v) is 5.88. The molecule has 43 heavy (non-hydrogen) atoms. The van der Waals surface area contributed by atoms with Crippen LogP contribution in [0.25, 0.3) is 22.3 Å². The van der Waals surface area contributed by atoms with Crippen molar-refractivity contribution in [3.63, 3.8) is 0 Å². The van der Waals surface area contributed by atoms with Gasteiger partial charge in [-0.25, -0.2) is 18.6 Å². The molecule has 3 heterocycles. The topological polar surface area (TPSA) is 110 Å². The molecule has 0 spiro atoms. The first kappa shape index (κ1) is 31.5. The van der Waals surface area contributed by atoms with Gasteiger partial charge in [0.05, 0.1) is 23.0 Å². The average molecular weight is 592 g/mol. The minimum atomic E-state index is -0.819.